The fraction of sp³-hybridized carbons (Fsp3) is 0.154. The van der Waals surface area contributed by atoms with E-state index >= 15 is 0 Å². The standard InChI is InChI=1S/C13H12F2N2O/c1-8(16)9-4-5-17-13(6-9)18-10-2-3-11(14)12(15)7-10/h2-8H,16H2,1H3. The molecule has 0 aliphatic heterocycles. The zero-order valence-corrected chi connectivity index (χ0v) is 9.73. The van der Waals surface area contributed by atoms with E-state index in [2.05, 4.69) is 4.98 Å². The Kier molecular flexibility index (Phi) is 3.53. The molecule has 1 aromatic heterocycles. The minimum Gasteiger partial charge on any atom is -0.439 e. The quantitative estimate of drug-likeness (QED) is 0.910. The van der Waals surface area contributed by atoms with Gasteiger partial charge in [0.1, 0.15) is 5.75 Å². The first-order valence-electron chi connectivity index (χ1n) is 5.40. The minimum atomic E-state index is -0.962. The van der Waals surface area contributed by atoms with Crippen LogP contribution in [0.4, 0.5) is 8.78 Å². The summed E-state index contributed by atoms with van der Waals surface area (Å²) >= 11 is 0. The lowest BCUT2D eigenvalue weighted by Crippen LogP contribution is -2.05. The molecule has 1 heterocycles. The lowest BCUT2D eigenvalue weighted by molar-refractivity contribution is 0.446. The molecule has 1 aromatic carbocycles. The zero-order valence-electron chi connectivity index (χ0n) is 9.73. The van der Waals surface area contributed by atoms with E-state index < -0.39 is 11.6 Å². The monoisotopic (exact) mass is 250 g/mol. The summed E-state index contributed by atoms with van der Waals surface area (Å²) in [5.74, 6) is -1.41. The van der Waals surface area contributed by atoms with E-state index in [0.717, 1.165) is 17.7 Å². The third-order valence-electron chi connectivity index (χ3n) is 2.40. The molecule has 5 heteroatoms. The third-order valence-corrected chi connectivity index (χ3v) is 2.40. The number of nitrogens with two attached hydrogens (primary N) is 1. The molecule has 0 aliphatic carbocycles. The summed E-state index contributed by atoms with van der Waals surface area (Å²) in [4.78, 5) is 3.98. The van der Waals surface area contributed by atoms with Crippen LogP contribution in [0.25, 0.3) is 0 Å². The van der Waals surface area contributed by atoms with Crippen molar-refractivity contribution in [3.63, 3.8) is 0 Å². The Hall–Kier alpha value is -2.01. The molecule has 0 saturated heterocycles. The lowest BCUT2D eigenvalue weighted by atomic mass is 10.1. The van der Waals surface area contributed by atoms with Gasteiger partial charge in [0.2, 0.25) is 5.88 Å². The van der Waals surface area contributed by atoms with Gasteiger partial charge in [-0.1, -0.05) is 0 Å². The van der Waals surface area contributed by atoms with Crippen molar-refractivity contribution < 1.29 is 13.5 Å². The molecule has 3 nitrogen and oxygen atoms in total. The normalized spacial score (nSPS) is 12.2. The van der Waals surface area contributed by atoms with Gasteiger partial charge in [-0.2, -0.15) is 0 Å². The molecule has 2 aromatic rings. The third kappa shape index (κ3) is 2.81. The Morgan fingerprint density at radius 3 is 2.61 bits per heavy atom. The average Bonchev–Trinajstić information content (AvgIpc) is 2.34. The molecule has 0 spiro atoms. The molecule has 1 atom stereocenters. The maximum Gasteiger partial charge on any atom is 0.219 e. The molecule has 2 rings (SSSR count). The predicted molar refractivity (Wildman–Crippen MR) is 63.3 cm³/mol. The van der Waals surface area contributed by atoms with E-state index in [1.807, 2.05) is 6.92 Å². The van der Waals surface area contributed by atoms with Crippen LogP contribution >= 0.6 is 0 Å². The van der Waals surface area contributed by atoms with Crippen LogP contribution in [0.1, 0.15) is 18.5 Å². The predicted octanol–water partition coefficient (Wildman–Crippen LogP) is 3.17. The molecular weight excluding hydrogens is 238 g/mol. The first-order chi connectivity index (χ1) is 8.56. The topological polar surface area (TPSA) is 48.1 Å². The highest BCUT2D eigenvalue weighted by Crippen LogP contribution is 2.23. The largest absolute Gasteiger partial charge is 0.439 e. The summed E-state index contributed by atoms with van der Waals surface area (Å²) in [6.07, 6.45) is 1.55. The lowest BCUT2D eigenvalue weighted by Gasteiger charge is -2.08. The van der Waals surface area contributed by atoms with Crippen LogP contribution in [-0.4, -0.2) is 4.98 Å². The fourth-order valence-corrected chi connectivity index (χ4v) is 1.42. The number of benzene rings is 1. The van der Waals surface area contributed by atoms with Crippen LogP contribution in [0, 0.1) is 11.6 Å². The summed E-state index contributed by atoms with van der Waals surface area (Å²) in [6, 6.07) is 6.57. The molecule has 0 amide bonds. The molecule has 0 aliphatic rings. The van der Waals surface area contributed by atoms with Gasteiger partial charge in [0.25, 0.3) is 0 Å². The SMILES string of the molecule is CC(N)c1ccnc(Oc2ccc(F)c(F)c2)c1. The Morgan fingerprint density at radius 1 is 1.17 bits per heavy atom. The van der Waals surface area contributed by atoms with E-state index in [1.54, 1.807) is 18.3 Å². The van der Waals surface area contributed by atoms with Gasteiger partial charge in [0, 0.05) is 24.4 Å². The first kappa shape index (κ1) is 12.4. The average molecular weight is 250 g/mol. The number of ether oxygens (including phenoxy) is 1. The number of aromatic nitrogens is 1. The molecule has 18 heavy (non-hydrogen) atoms. The van der Waals surface area contributed by atoms with Crippen molar-refractivity contribution >= 4 is 0 Å². The van der Waals surface area contributed by atoms with E-state index in [4.69, 9.17) is 10.5 Å². The van der Waals surface area contributed by atoms with Crippen molar-refractivity contribution in [3.05, 3.63) is 53.7 Å². The van der Waals surface area contributed by atoms with Crippen molar-refractivity contribution in [2.24, 2.45) is 5.73 Å². The second-order valence-corrected chi connectivity index (χ2v) is 3.89. The molecule has 0 fully saturated rings. The van der Waals surface area contributed by atoms with Gasteiger partial charge in [-0.05, 0) is 30.7 Å². The van der Waals surface area contributed by atoms with Crippen LogP contribution in [0.3, 0.4) is 0 Å². The van der Waals surface area contributed by atoms with Crippen LogP contribution in [-0.2, 0) is 0 Å². The van der Waals surface area contributed by atoms with Gasteiger partial charge in [-0.3, -0.25) is 0 Å². The number of halogens is 2. The van der Waals surface area contributed by atoms with Crippen molar-refractivity contribution in [3.8, 4) is 11.6 Å². The van der Waals surface area contributed by atoms with Gasteiger partial charge in [0.05, 0.1) is 0 Å². The van der Waals surface area contributed by atoms with Crippen LogP contribution < -0.4 is 10.5 Å². The van der Waals surface area contributed by atoms with Crippen molar-refractivity contribution in [1.82, 2.24) is 4.98 Å². The maximum atomic E-state index is 13.0. The molecule has 94 valence electrons. The van der Waals surface area contributed by atoms with Crippen molar-refractivity contribution in [1.29, 1.82) is 0 Å². The highest BCUT2D eigenvalue weighted by atomic mass is 19.2. The molecule has 1 unspecified atom stereocenters. The fourth-order valence-electron chi connectivity index (χ4n) is 1.42. The van der Waals surface area contributed by atoms with Crippen molar-refractivity contribution in [2.45, 2.75) is 13.0 Å². The Labute approximate surface area is 103 Å². The number of hydrogen-bond acceptors (Lipinski definition) is 3. The molecule has 2 N–H and O–H groups in total. The Balaban J connectivity index is 2.23. The van der Waals surface area contributed by atoms with Gasteiger partial charge in [0.15, 0.2) is 11.6 Å². The van der Waals surface area contributed by atoms with E-state index in [9.17, 15) is 8.78 Å². The second-order valence-electron chi connectivity index (χ2n) is 3.89. The first-order valence-corrected chi connectivity index (χ1v) is 5.40. The molecule has 0 bridgehead atoms. The van der Waals surface area contributed by atoms with E-state index in [-0.39, 0.29) is 17.7 Å². The molecular formula is C13H12F2N2O. The Bertz CT molecular complexity index is 558. The van der Waals surface area contributed by atoms with E-state index in [1.165, 1.54) is 6.07 Å². The van der Waals surface area contributed by atoms with Crippen molar-refractivity contribution in [2.75, 3.05) is 0 Å². The van der Waals surface area contributed by atoms with Crippen LogP contribution in [0.5, 0.6) is 11.6 Å². The Morgan fingerprint density at radius 2 is 1.94 bits per heavy atom. The zero-order chi connectivity index (χ0) is 13.1. The van der Waals surface area contributed by atoms with Gasteiger partial charge in [-0.15, -0.1) is 0 Å². The van der Waals surface area contributed by atoms with Crippen LogP contribution in [0.2, 0.25) is 0 Å². The highest BCUT2D eigenvalue weighted by Gasteiger charge is 2.06. The van der Waals surface area contributed by atoms with Gasteiger partial charge in [-0.25, -0.2) is 13.8 Å². The summed E-state index contributed by atoms with van der Waals surface area (Å²) in [5.41, 5.74) is 6.58. The number of rotatable bonds is 3. The summed E-state index contributed by atoms with van der Waals surface area (Å²) in [6.45, 7) is 1.83. The number of hydrogen-bond donors (Lipinski definition) is 1. The number of pyridine rings is 1. The smallest absolute Gasteiger partial charge is 0.219 e. The van der Waals surface area contributed by atoms with E-state index in [0.29, 0.717) is 0 Å². The second kappa shape index (κ2) is 5.10. The minimum absolute atomic E-state index is 0.152. The summed E-state index contributed by atoms with van der Waals surface area (Å²) in [7, 11) is 0. The molecule has 0 radical (unpaired) electrons. The maximum absolute atomic E-state index is 13.0. The number of nitrogens with zero attached hydrogens (tertiary/aromatic N) is 1. The highest BCUT2D eigenvalue weighted by molar-refractivity contribution is 5.30. The van der Waals surface area contributed by atoms with Gasteiger partial charge < -0.3 is 10.5 Å². The summed E-state index contributed by atoms with van der Waals surface area (Å²) < 4.78 is 31.1. The summed E-state index contributed by atoms with van der Waals surface area (Å²) in [5, 5.41) is 0. The molecule has 0 saturated carbocycles. The van der Waals surface area contributed by atoms with Crippen LogP contribution in [0.15, 0.2) is 36.5 Å². The van der Waals surface area contributed by atoms with Gasteiger partial charge >= 0.3 is 0 Å².